The van der Waals surface area contributed by atoms with Crippen LogP contribution in [0.15, 0.2) is 12.7 Å². The predicted molar refractivity (Wildman–Crippen MR) is 44.6 cm³/mol. The highest BCUT2D eigenvalue weighted by molar-refractivity contribution is 7.86. The molecule has 3 N–H and O–H groups in total. The minimum Gasteiger partial charge on any atom is -0.394 e. The van der Waals surface area contributed by atoms with E-state index < -0.39 is 28.3 Å². The first kappa shape index (κ1) is 12.5. The molecule has 0 aliphatic rings. The molecule has 6 nitrogen and oxygen atoms in total. The van der Waals surface area contributed by atoms with Gasteiger partial charge in [0.25, 0.3) is 10.1 Å². The molecule has 0 rings (SSSR count). The highest BCUT2D eigenvalue weighted by atomic mass is 32.2. The van der Waals surface area contributed by atoms with E-state index in [1.54, 1.807) is 0 Å². The Balaban J connectivity index is 4.46. The highest BCUT2D eigenvalue weighted by Gasteiger charge is 2.31. The Hall–Kier alpha value is -0.470. The standard InChI is InChI=1S/C6H12O6S/c1-2-3-12-6(5(8)4-7)13(9,10)11/h2,5-8H,1,3-4H2,(H,9,10,11). The Morgan fingerprint density at radius 3 is 2.38 bits per heavy atom. The fraction of sp³-hybridized carbons (Fsp3) is 0.667. The molecule has 13 heavy (non-hydrogen) atoms. The molecule has 0 saturated heterocycles. The van der Waals surface area contributed by atoms with Crippen molar-refractivity contribution in [1.82, 2.24) is 0 Å². The molecular weight excluding hydrogens is 200 g/mol. The molecule has 0 aliphatic heterocycles. The molecule has 7 heteroatoms. The van der Waals surface area contributed by atoms with Crippen LogP contribution in [-0.2, 0) is 14.9 Å². The molecule has 0 aromatic carbocycles. The summed E-state index contributed by atoms with van der Waals surface area (Å²) < 4.78 is 34.2. The number of hydrogen-bond donors (Lipinski definition) is 3. The molecule has 0 heterocycles. The first-order valence-electron chi connectivity index (χ1n) is 3.41. The fourth-order valence-corrected chi connectivity index (χ4v) is 1.38. The summed E-state index contributed by atoms with van der Waals surface area (Å²) in [4.78, 5) is 0. The Morgan fingerprint density at radius 1 is 1.54 bits per heavy atom. The summed E-state index contributed by atoms with van der Waals surface area (Å²) in [5.41, 5.74) is -1.84. The maximum atomic E-state index is 10.6. The summed E-state index contributed by atoms with van der Waals surface area (Å²) in [5, 5.41) is 17.4. The van der Waals surface area contributed by atoms with Crippen LogP contribution in [0.3, 0.4) is 0 Å². The van der Waals surface area contributed by atoms with Crippen molar-refractivity contribution in [1.29, 1.82) is 0 Å². The molecule has 0 aromatic rings. The maximum Gasteiger partial charge on any atom is 0.295 e. The van der Waals surface area contributed by atoms with Crippen molar-refractivity contribution in [2.45, 2.75) is 11.5 Å². The second-order valence-electron chi connectivity index (χ2n) is 2.26. The predicted octanol–water partition coefficient (Wildman–Crippen LogP) is -1.24. The number of aliphatic hydroxyl groups excluding tert-OH is 2. The van der Waals surface area contributed by atoms with Gasteiger partial charge in [0, 0.05) is 0 Å². The molecule has 0 radical (unpaired) electrons. The summed E-state index contributed by atoms with van der Waals surface area (Å²) in [7, 11) is -4.53. The van der Waals surface area contributed by atoms with Gasteiger partial charge >= 0.3 is 0 Å². The minimum atomic E-state index is -4.53. The van der Waals surface area contributed by atoms with E-state index in [0.29, 0.717) is 0 Å². The fourth-order valence-electron chi connectivity index (χ4n) is 0.645. The van der Waals surface area contributed by atoms with Crippen molar-refractivity contribution >= 4 is 10.1 Å². The van der Waals surface area contributed by atoms with Gasteiger partial charge in [0.2, 0.25) is 5.44 Å². The van der Waals surface area contributed by atoms with Crippen LogP contribution in [0.4, 0.5) is 0 Å². The number of aliphatic hydroxyl groups is 2. The van der Waals surface area contributed by atoms with Gasteiger partial charge in [-0.3, -0.25) is 4.55 Å². The van der Waals surface area contributed by atoms with Crippen molar-refractivity contribution in [3.05, 3.63) is 12.7 Å². The molecule has 0 aromatic heterocycles. The van der Waals surface area contributed by atoms with E-state index in [9.17, 15) is 8.42 Å². The van der Waals surface area contributed by atoms with E-state index in [-0.39, 0.29) is 6.61 Å². The molecule has 0 spiro atoms. The third-order valence-corrected chi connectivity index (χ3v) is 2.21. The van der Waals surface area contributed by atoms with Gasteiger partial charge in [-0.2, -0.15) is 8.42 Å². The molecule has 2 unspecified atom stereocenters. The topological polar surface area (TPSA) is 104 Å². The van der Waals surface area contributed by atoms with Gasteiger partial charge in [-0.05, 0) is 0 Å². The summed E-state index contributed by atoms with van der Waals surface area (Å²) in [6, 6.07) is 0. The Morgan fingerprint density at radius 2 is 2.08 bits per heavy atom. The van der Waals surface area contributed by atoms with Crippen molar-refractivity contribution in [2.75, 3.05) is 13.2 Å². The van der Waals surface area contributed by atoms with Gasteiger partial charge in [-0.15, -0.1) is 6.58 Å². The lowest BCUT2D eigenvalue weighted by Gasteiger charge is -2.17. The molecular formula is C6H12O6S. The van der Waals surface area contributed by atoms with Crippen molar-refractivity contribution in [3.8, 4) is 0 Å². The minimum absolute atomic E-state index is 0.151. The third kappa shape index (κ3) is 4.34. The van der Waals surface area contributed by atoms with E-state index in [1.165, 1.54) is 6.08 Å². The van der Waals surface area contributed by atoms with Crippen LogP contribution >= 0.6 is 0 Å². The van der Waals surface area contributed by atoms with Crippen LogP contribution in [-0.4, -0.2) is 47.9 Å². The SMILES string of the molecule is C=CCOC(C(O)CO)S(=O)(=O)O. The molecule has 2 atom stereocenters. The Labute approximate surface area is 76.2 Å². The number of ether oxygens (including phenoxy) is 1. The lowest BCUT2D eigenvalue weighted by Crippen LogP contribution is -2.38. The van der Waals surface area contributed by atoms with Crippen LogP contribution in [0.1, 0.15) is 0 Å². The summed E-state index contributed by atoms with van der Waals surface area (Å²) >= 11 is 0. The zero-order chi connectivity index (χ0) is 10.5. The highest BCUT2D eigenvalue weighted by Crippen LogP contribution is 2.06. The summed E-state index contributed by atoms with van der Waals surface area (Å²) in [6.45, 7) is 2.29. The Bertz CT molecular complexity index is 246. The summed E-state index contributed by atoms with van der Waals surface area (Å²) in [6.07, 6.45) is -0.419. The smallest absolute Gasteiger partial charge is 0.295 e. The average Bonchev–Trinajstić information content (AvgIpc) is 2.02. The van der Waals surface area contributed by atoms with Crippen LogP contribution in [0.2, 0.25) is 0 Å². The molecule has 0 fully saturated rings. The molecule has 0 aliphatic carbocycles. The molecule has 0 bridgehead atoms. The van der Waals surface area contributed by atoms with Crippen LogP contribution in [0.5, 0.6) is 0 Å². The average molecular weight is 212 g/mol. The number of hydrogen-bond acceptors (Lipinski definition) is 5. The largest absolute Gasteiger partial charge is 0.394 e. The van der Waals surface area contributed by atoms with Crippen LogP contribution in [0, 0.1) is 0 Å². The Kier molecular flexibility index (Phi) is 5.11. The van der Waals surface area contributed by atoms with E-state index in [4.69, 9.17) is 14.8 Å². The van der Waals surface area contributed by atoms with E-state index >= 15 is 0 Å². The number of rotatable bonds is 6. The van der Waals surface area contributed by atoms with E-state index in [1.807, 2.05) is 0 Å². The van der Waals surface area contributed by atoms with Crippen molar-refractivity contribution in [2.24, 2.45) is 0 Å². The van der Waals surface area contributed by atoms with Gasteiger partial charge < -0.3 is 14.9 Å². The van der Waals surface area contributed by atoms with Crippen molar-refractivity contribution < 1.29 is 27.9 Å². The zero-order valence-corrected chi connectivity index (χ0v) is 7.64. The van der Waals surface area contributed by atoms with E-state index in [2.05, 4.69) is 11.3 Å². The third-order valence-electron chi connectivity index (χ3n) is 1.17. The van der Waals surface area contributed by atoms with Crippen LogP contribution in [0.25, 0.3) is 0 Å². The first-order valence-corrected chi connectivity index (χ1v) is 4.91. The van der Waals surface area contributed by atoms with Gasteiger partial charge in [0.1, 0.15) is 6.10 Å². The lowest BCUT2D eigenvalue weighted by atomic mass is 10.4. The molecule has 0 saturated carbocycles. The van der Waals surface area contributed by atoms with Gasteiger partial charge in [0.05, 0.1) is 13.2 Å². The quantitative estimate of drug-likeness (QED) is 0.375. The molecule has 0 amide bonds. The monoisotopic (exact) mass is 212 g/mol. The van der Waals surface area contributed by atoms with Gasteiger partial charge in [-0.1, -0.05) is 6.08 Å². The van der Waals surface area contributed by atoms with Crippen LogP contribution < -0.4 is 0 Å². The normalized spacial score (nSPS) is 16.5. The van der Waals surface area contributed by atoms with Gasteiger partial charge in [0.15, 0.2) is 0 Å². The second kappa shape index (κ2) is 5.30. The summed E-state index contributed by atoms with van der Waals surface area (Å²) in [5.74, 6) is 0. The van der Waals surface area contributed by atoms with Crippen molar-refractivity contribution in [3.63, 3.8) is 0 Å². The van der Waals surface area contributed by atoms with Gasteiger partial charge in [-0.25, -0.2) is 0 Å². The lowest BCUT2D eigenvalue weighted by molar-refractivity contribution is -0.0120. The first-order chi connectivity index (χ1) is 5.93. The van der Waals surface area contributed by atoms with E-state index in [0.717, 1.165) is 0 Å². The maximum absolute atomic E-state index is 10.6. The zero-order valence-electron chi connectivity index (χ0n) is 6.83. The molecule has 78 valence electrons. The second-order valence-corrected chi connectivity index (χ2v) is 3.75.